The zero-order valence-electron chi connectivity index (χ0n) is 8.73. The molecule has 0 N–H and O–H groups in total. The Bertz CT molecular complexity index is 293. The van der Waals surface area contributed by atoms with Crippen LogP contribution in [-0.4, -0.2) is 37.7 Å². The minimum atomic E-state index is -1.53. The van der Waals surface area contributed by atoms with Gasteiger partial charge in [-0.15, -0.1) is 0 Å². The maximum absolute atomic E-state index is 11.3. The number of carbonyl (C=O) groups excluding carboxylic acids is 4. The molecule has 0 rings (SSSR count). The fourth-order valence-corrected chi connectivity index (χ4v) is 0.958. The van der Waals surface area contributed by atoms with Crippen molar-refractivity contribution in [1.29, 1.82) is 0 Å². The zero-order valence-corrected chi connectivity index (χ0v) is 8.73. The summed E-state index contributed by atoms with van der Waals surface area (Å²) in [4.78, 5) is 44.1. The van der Waals surface area contributed by atoms with Gasteiger partial charge in [0.1, 0.15) is 6.42 Å². The molecule has 0 radical (unpaired) electrons. The lowest BCUT2D eigenvalue weighted by molar-refractivity contribution is -0.153. The van der Waals surface area contributed by atoms with E-state index < -0.39 is 35.8 Å². The summed E-state index contributed by atoms with van der Waals surface area (Å²) < 4.78 is 8.52. The third-order valence-electron chi connectivity index (χ3n) is 1.71. The summed E-state index contributed by atoms with van der Waals surface area (Å²) in [7, 11) is 2.17. The maximum atomic E-state index is 11.3. The molecule has 15 heavy (non-hydrogen) atoms. The Labute approximate surface area is 86.5 Å². The first-order chi connectivity index (χ1) is 6.93. The highest BCUT2D eigenvalue weighted by molar-refractivity contribution is 6.19. The number of rotatable bonds is 5. The molecule has 0 amide bonds. The topological polar surface area (TPSA) is 86.7 Å². The Balaban J connectivity index is 4.64. The number of hydrogen-bond donors (Lipinski definition) is 0. The molecular weight excluding hydrogens is 204 g/mol. The van der Waals surface area contributed by atoms with E-state index >= 15 is 0 Å². The van der Waals surface area contributed by atoms with Gasteiger partial charge >= 0.3 is 11.9 Å². The number of carbonyl (C=O) groups is 4. The molecular formula is C9H12O6. The van der Waals surface area contributed by atoms with Crippen molar-refractivity contribution in [3.05, 3.63) is 0 Å². The molecule has 0 spiro atoms. The standard InChI is InChI=1S/C9H12O6/c1-5(10)8(9(13)15-3)6(11)4-7(12)14-2/h8H,4H2,1-3H3. The molecule has 0 saturated heterocycles. The third-order valence-corrected chi connectivity index (χ3v) is 1.71. The normalized spacial score (nSPS) is 11.4. The molecule has 0 aromatic carbocycles. The highest BCUT2D eigenvalue weighted by Gasteiger charge is 2.33. The summed E-state index contributed by atoms with van der Waals surface area (Å²) in [5, 5.41) is 0. The van der Waals surface area contributed by atoms with Gasteiger partial charge in [-0.2, -0.15) is 0 Å². The Kier molecular flexibility index (Phi) is 5.22. The average molecular weight is 216 g/mol. The van der Waals surface area contributed by atoms with Gasteiger partial charge in [-0.25, -0.2) is 0 Å². The van der Waals surface area contributed by atoms with Crippen molar-refractivity contribution in [3.63, 3.8) is 0 Å². The monoisotopic (exact) mass is 216 g/mol. The summed E-state index contributed by atoms with van der Waals surface area (Å²) >= 11 is 0. The van der Waals surface area contributed by atoms with E-state index in [1.165, 1.54) is 0 Å². The molecule has 0 aromatic heterocycles. The second kappa shape index (κ2) is 5.90. The van der Waals surface area contributed by atoms with E-state index in [9.17, 15) is 19.2 Å². The van der Waals surface area contributed by atoms with Gasteiger partial charge in [0.25, 0.3) is 0 Å². The lowest BCUT2D eigenvalue weighted by atomic mass is 9.98. The Morgan fingerprint density at radius 3 is 1.93 bits per heavy atom. The molecule has 84 valence electrons. The molecule has 0 fully saturated rings. The van der Waals surface area contributed by atoms with Crippen LogP contribution < -0.4 is 0 Å². The fourth-order valence-electron chi connectivity index (χ4n) is 0.958. The van der Waals surface area contributed by atoms with E-state index in [-0.39, 0.29) is 0 Å². The molecule has 1 unspecified atom stereocenters. The molecule has 1 atom stereocenters. The first kappa shape index (κ1) is 13.3. The van der Waals surface area contributed by atoms with E-state index in [2.05, 4.69) is 9.47 Å². The molecule has 0 aliphatic carbocycles. The average Bonchev–Trinajstić information content (AvgIpc) is 2.16. The second-order valence-corrected chi connectivity index (χ2v) is 2.79. The quantitative estimate of drug-likeness (QED) is 0.454. The lowest BCUT2D eigenvalue weighted by Gasteiger charge is -2.08. The molecule has 0 aliphatic rings. The van der Waals surface area contributed by atoms with E-state index in [1.54, 1.807) is 0 Å². The lowest BCUT2D eigenvalue weighted by Crippen LogP contribution is -2.32. The van der Waals surface area contributed by atoms with Gasteiger partial charge in [0.15, 0.2) is 17.5 Å². The Morgan fingerprint density at radius 1 is 1.07 bits per heavy atom. The van der Waals surface area contributed by atoms with Gasteiger partial charge in [-0.3, -0.25) is 19.2 Å². The van der Waals surface area contributed by atoms with Gasteiger partial charge in [0.2, 0.25) is 0 Å². The summed E-state index contributed by atoms with van der Waals surface area (Å²) in [6.07, 6.45) is -0.615. The van der Waals surface area contributed by atoms with Crippen LogP contribution in [0.3, 0.4) is 0 Å². The Hall–Kier alpha value is -1.72. The minimum absolute atomic E-state index is 0.615. The van der Waals surface area contributed by atoms with Crippen molar-refractivity contribution in [2.75, 3.05) is 14.2 Å². The van der Waals surface area contributed by atoms with Crippen LogP contribution in [0.2, 0.25) is 0 Å². The Morgan fingerprint density at radius 2 is 1.60 bits per heavy atom. The molecule has 0 aromatic rings. The largest absolute Gasteiger partial charge is 0.469 e. The summed E-state index contributed by atoms with van der Waals surface area (Å²) in [5.41, 5.74) is 0. The number of hydrogen-bond acceptors (Lipinski definition) is 6. The van der Waals surface area contributed by atoms with Crippen molar-refractivity contribution in [2.45, 2.75) is 13.3 Å². The molecule has 6 nitrogen and oxygen atoms in total. The van der Waals surface area contributed by atoms with Gasteiger partial charge in [-0.05, 0) is 6.92 Å². The smallest absolute Gasteiger partial charge is 0.323 e. The highest BCUT2D eigenvalue weighted by atomic mass is 16.5. The number of ether oxygens (including phenoxy) is 2. The van der Waals surface area contributed by atoms with E-state index in [0.717, 1.165) is 21.1 Å². The van der Waals surface area contributed by atoms with Crippen LogP contribution >= 0.6 is 0 Å². The van der Waals surface area contributed by atoms with Crippen molar-refractivity contribution >= 4 is 23.5 Å². The van der Waals surface area contributed by atoms with Gasteiger partial charge < -0.3 is 9.47 Å². The van der Waals surface area contributed by atoms with Crippen molar-refractivity contribution in [2.24, 2.45) is 5.92 Å². The first-order valence-electron chi connectivity index (χ1n) is 4.11. The van der Waals surface area contributed by atoms with Crippen molar-refractivity contribution in [3.8, 4) is 0 Å². The third kappa shape index (κ3) is 3.88. The van der Waals surface area contributed by atoms with Crippen LogP contribution in [0, 0.1) is 5.92 Å². The molecule has 0 heterocycles. The predicted octanol–water partition coefficient (Wildman–Crippen LogP) is -0.503. The van der Waals surface area contributed by atoms with Crippen molar-refractivity contribution in [1.82, 2.24) is 0 Å². The first-order valence-corrected chi connectivity index (χ1v) is 4.11. The fraction of sp³-hybridized carbons (Fsp3) is 0.556. The van der Waals surface area contributed by atoms with Crippen LogP contribution in [0.5, 0.6) is 0 Å². The van der Waals surface area contributed by atoms with Crippen LogP contribution in [0.1, 0.15) is 13.3 Å². The van der Waals surface area contributed by atoms with Gasteiger partial charge in [0.05, 0.1) is 14.2 Å². The SMILES string of the molecule is COC(=O)CC(=O)C(C(C)=O)C(=O)OC. The van der Waals surface area contributed by atoms with E-state index in [0.29, 0.717) is 0 Å². The summed E-state index contributed by atoms with van der Waals surface area (Å²) in [6.45, 7) is 1.08. The van der Waals surface area contributed by atoms with E-state index in [1.807, 2.05) is 0 Å². The van der Waals surface area contributed by atoms with Crippen molar-refractivity contribution < 1.29 is 28.7 Å². The molecule has 0 aliphatic heterocycles. The van der Waals surface area contributed by atoms with E-state index in [4.69, 9.17) is 0 Å². The highest BCUT2D eigenvalue weighted by Crippen LogP contribution is 2.06. The number of esters is 2. The number of Topliss-reactive ketones (excluding diaryl/α,β-unsaturated/α-hetero) is 2. The van der Waals surface area contributed by atoms with Crippen LogP contribution in [-0.2, 0) is 28.7 Å². The number of ketones is 2. The molecule has 0 bridgehead atoms. The minimum Gasteiger partial charge on any atom is -0.469 e. The summed E-state index contributed by atoms with van der Waals surface area (Å²) in [6, 6.07) is 0. The van der Waals surface area contributed by atoms with Gasteiger partial charge in [0, 0.05) is 0 Å². The predicted molar refractivity (Wildman–Crippen MR) is 47.8 cm³/mol. The zero-order chi connectivity index (χ0) is 12.0. The molecule has 6 heteroatoms. The van der Waals surface area contributed by atoms with Crippen LogP contribution in [0.4, 0.5) is 0 Å². The van der Waals surface area contributed by atoms with Crippen LogP contribution in [0.15, 0.2) is 0 Å². The number of methoxy groups -OCH3 is 2. The maximum Gasteiger partial charge on any atom is 0.323 e. The molecule has 0 saturated carbocycles. The second-order valence-electron chi connectivity index (χ2n) is 2.79. The van der Waals surface area contributed by atoms with Gasteiger partial charge in [-0.1, -0.05) is 0 Å². The van der Waals surface area contributed by atoms with Crippen LogP contribution in [0.25, 0.3) is 0 Å². The summed E-state index contributed by atoms with van der Waals surface area (Å²) in [5.74, 6) is -4.77.